The van der Waals surface area contributed by atoms with E-state index in [1.165, 1.54) is 25.7 Å². The SMILES string of the molecule is C1CC[C@@H]2OC2C1.O=C(O)O. The molecule has 0 aromatic carbocycles. The number of epoxide rings is 1. The molecule has 11 heavy (non-hydrogen) atoms. The highest BCUT2D eigenvalue weighted by atomic mass is 16.6. The first kappa shape index (κ1) is 8.33. The Labute approximate surface area is 64.8 Å². The third kappa shape index (κ3) is 3.23. The van der Waals surface area contributed by atoms with Crippen LogP contribution in [0.5, 0.6) is 0 Å². The van der Waals surface area contributed by atoms with Gasteiger partial charge in [-0.3, -0.25) is 0 Å². The van der Waals surface area contributed by atoms with Crippen molar-refractivity contribution in [3.63, 3.8) is 0 Å². The van der Waals surface area contributed by atoms with Gasteiger partial charge >= 0.3 is 6.16 Å². The molecule has 2 rings (SSSR count). The van der Waals surface area contributed by atoms with Gasteiger partial charge in [-0.25, -0.2) is 4.79 Å². The van der Waals surface area contributed by atoms with E-state index in [0.717, 1.165) is 0 Å². The maximum absolute atomic E-state index is 8.56. The number of rotatable bonds is 0. The quantitative estimate of drug-likeness (QED) is 0.527. The molecule has 2 aliphatic rings. The second-order valence-electron chi connectivity index (χ2n) is 2.78. The van der Waals surface area contributed by atoms with Crippen molar-refractivity contribution in [2.75, 3.05) is 0 Å². The lowest BCUT2D eigenvalue weighted by atomic mass is 10.0. The molecule has 0 radical (unpaired) electrons. The molecule has 1 aliphatic heterocycles. The topological polar surface area (TPSA) is 70.1 Å². The smallest absolute Gasteiger partial charge is 0.450 e. The molecule has 2 atom stereocenters. The lowest BCUT2D eigenvalue weighted by Crippen LogP contribution is -2.00. The highest BCUT2D eigenvalue weighted by molar-refractivity contribution is 5.53. The van der Waals surface area contributed by atoms with Crippen molar-refractivity contribution in [2.24, 2.45) is 0 Å². The van der Waals surface area contributed by atoms with Gasteiger partial charge in [-0.1, -0.05) is 12.8 Å². The summed E-state index contributed by atoms with van der Waals surface area (Å²) in [5.41, 5.74) is 0. The predicted octanol–water partition coefficient (Wildman–Crippen LogP) is 1.55. The van der Waals surface area contributed by atoms with Crippen LogP contribution in [0.2, 0.25) is 0 Å². The van der Waals surface area contributed by atoms with Crippen molar-refractivity contribution < 1.29 is 19.7 Å². The Morgan fingerprint density at radius 1 is 1.18 bits per heavy atom. The van der Waals surface area contributed by atoms with Gasteiger partial charge in [-0.05, 0) is 12.8 Å². The number of hydrogen-bond donors (Lipinski definition) is 2. The Morgan fingerprint density at radius 3 is 1.82 bits per heavy atom. The molecule has 1 saturated heterocycles. The van der Waals surface area contributed by atoms with Crippen LogP contribution in [0.4, 0.5) is 4.79 Å². The molecule has 1 unspecified atom stereocenters. The predicted molar refractivity (Wildman–Crippen MR) is 37.8 cm³/mol. The second-order valence-corrected chi connectivity index (χ2v) is 2.78. The van der Waals surface area contributed by atoms with E-state index >= 15 is 0 Å². The van der Waals surface area contributed by atoms with Crippen LogP contribution in [-0.2, 0) is 4.74 Å². The minimum absolute atomic E-state index is 0.703. The van der Waals surface area contributed by atoms with Crippen LogP contribution in [0.15, 0.2) is 0 Å². The number of fused-ring (bicyclic) bond motifs is 1. The van der Waals surface area contributed by atoms with Gasteiger partial charge < -0.3 is 14.9 Å². The van der Waals surface area contributed by atoms with E-state index in [0.29, 0.717) is 12.2 Å². The van der Waals surface area contributed by atoms with Gasteiger partial charge in [-0.15, -0.1) is 0 Å². The average Bonchev–Trinajstić information content (AvgIpc) is 2.62. The molecular weight excluding hydrogens is 148 g/mol. The van der Waals surface area contributed by atoms with E-state index in [9.17, 15) is 0 Å². The van der Waals surface area contributed by atoms with Crippen molar-refractivity contribution in [1.82, 2.24) is 0 Å². The van der Waals surface area contributed by atoms with Crippen LogP contribution in [0.25, 0.3) is 0 Å². The largest absolute Gasteiger partial charge is 0.503 e. The Balaban J connectivity index is 0.000000134. The lowest BCUT2D eigenvalue weighted by Gasteiger charge is -2.00. The summed E-state index contributed by atoms with van der Waals surface area (Å²) in [6.07, 6.45) is 5.06. The van der Waals surface area contributed by atoms with E-state index in [4.69, 9.17) is 19.7 Å². The Morgan fingerprint density at radius 2 is 1.55 bits per heavy atom. The van der Waals surface area contributed by atoms with Gasteiger partial charge in [0.15, 0.2) is 0 Å². The molecular formula is C7H12O4. The summed E-state index contributed by atoms with van der Waals surface area (Å²) >= 11 is 0. The summed E-state index contributed by atoms with van der Waals surface area (Å²) in [5, 5.41) is 13.9. The summed E-state index contributed by atoms with van der Waals surface area (Å²) in [5.74, 6) is 0. The fourth-order valence-electron chi connectivity index (χ4n) is 1.38. The number of carboxylic acid groups (broad SMARTS) is 2. The summed E-state index contributed by atoms with van der Waals surface area (Å²) in [6.45, 7) is 0. The first-order valence-electron chi connectivity index (χ1n) is 3.77. The number of ether oxygens (including phenoxy) is 1. The molecule has 1 saturated carbocycles. The molecule has 4 heteroatoms. The molecule has 0 aromatic rings. The standard InChI is InChI=1S/C6H10O.CH2O3/c1-2-4-6-5(3-1)7-6;2-1(3)4/h5-6H,1-4H2;(H2,2,3,4)/t5-,6?;/m0./s1. The van der Waals surface area contributed by atoms with Crippen LogP contribution in [-0.4, -0.2) is 28.6 Å². The molecule has 2 N–H and O–H groups in total. The molecule has 2 fully saturated rings. The molecule has 64 valence electrons. The molecule has 0 bridgehead atoms. The van der Waals surface area contributed by atoms with Crippen LogP contribution >= 0.6 is 0 Å². The number of carbonyl (C=O) groups is 1. The zero-order valence-electron chi connectivity index (χ0n) is 6.19. The van der Waals surface area contributed by atoms with Crippen LogP contribution in [0.1, 0.15) is 25.7 Å². The van der Waals surface area contributed by atoms with Gasteiger partial charge in [-0.2, -0.15) is 0 Å². The molecule has 1 heterocycles. The zero-order chi connectivity index (χ0) is 8.27. The highest BCUT2D eigenvalue weighted by Gasteiger charge is 2.39. The average molecular weight is 160 g/mol. The molecule has 0 spiro atoms. The van der Waals surface area contributed by atoms with Crippen LogP contribution < -0.4 is 0 Å². The molecule has 1 aliphatic carbocycles. The monoisotopic (exact) mass is 160 g/mol. The van der Waals surface area contributed by atoms with Crippen molar-refractivity contribution in [2.45, 2.75) is 37.9 Å². The van der Waals surface area contributed by atoms with E-state index in [1.54, 1.807) is 0 Å². The first-order valence-corrected chi connectivity index (χ1v) is 3.77. The summed E-state index contributed by atoms with van der Waals surface area (Å²) < 4.78 is 5.28. The molecule has 4 nitrogen and oxygen atoms in total. The summed E-state index contributed by atoms with van der Waals surface area (Å²) in [7, 11) is 0. The highest BCUT2D eigenvalue weighted by Crippen LogP contribution is 2.35. The maximum Gasteiger partial charge on any atom is 0.503 e. The Kier molecular flexibility index (Phi) is 2.70. The third-order valence-electron chi connectivity index (χ3n) is 1.91. The molecule has 0 amide bonds. The van der Waals surface area contributed by atoms with E-state index < -0.39 is 6.16 Å². The molecule has 0 aromatic heterocycles. The van der Waals surface area contributed by atoms with Gasteiger partial charge in [0.2, 0.25) is 0 Å². The van der Waals surface area contributed by atoms with E-state index in [1.807, 2.05) is 0 Å². The lowest BCUT2D eigenvalue weighted by molar-refractivity contribution is 0.137. The normalized spacial score (nSPS) is 32.7. The first-order chi connectivity index (χ1) is 5.20. The van der Waals surface area contributed by atoms with Crippen LogP contribution in [0.3, 0.4) is 0 Å². The van der Waals surface area contributed by atoms with Crippen molar-refractivity contribution >= 4 is 6.16 Å². The third-order valence-corrected chi connectivity index (χ3v) is 1.91. The summed E-state index contributed by atoms with van der Waals surface area (Å²) in [4.78, 5) is 8.56. The van der Waals surface area contributed by atoms with Crippen LogP contribution in [0, 0.1) is 0 Å². The van der Waals surface area contributed by atoms with Gasteiger partial charge in [0, 0.05) is 0 Å². The minimum atomic E-state index is -1.83. The second kappa shape index (κ2) is 3.57. The van der Waals surface area contributed by atoms with Crippen molar-refractivity contribution in [1.29, 1.82) is 0 Å². The minimum Gasteiger partial charge on any atom is -0.450 e. The number of hydrogen-bond acceptors (Lipinski definition) is 2. The van der Waals surface area contributed by atoms with Gasteiger partial charge in [0.25, 0.3) is 0 Å². The Hall–Kier alpha value is -0.770. The van der Waals surface area contributed by atoms with Gasteiger partial charge in [0.1, 0.15) is 0 Å². The summed E-state index contributed by atoms with van der Waals surface area (Å²) in [6, 6.07) is 0. The maximum atomic E-state index is 8.56. The zero-order valence-corrected chi connectivity index (χ0v) is 6.19. The fraction of sp³-hybridized carbons (Fsp3) is 0.857. The van der Waals surface area contributed by atoms with E-state index in [-0.39, 0.29) is 0 Å². The van der Waals surface area contributed by atoms with E-state index in [2.05, 4.69) is 0 Å². The van der Waals surface area contributed by atoms with Crippen molar-refractivity contribution in [3.05, 3.63) is 0 Å². The van der Waals surface area contributed by atoms with Crippen molar-refractivity contribution in [3.8, 4) is 0 Å². The van der Waals surface area contributed by atoms with Gasteiger partial charge in [0.05, 0.1) is 12.2 Å². The fourth-order valence-corrected chi connectivity index (χ4v) is 1.38. The Bertz CT molecular complexity index is 131.